The first-order valence-electron chi connectivity index (χ1n) is 6.24. The monoisotopic (exact) mass is 219 g/mol. The SMILES string of the molecule is CC(C)CNCC1CCC1c1cnccn1. The molecule has 3 heteroatoms. The summed E-state index contributed by atoms with van der Waals surface area (Å²) in [6.45, 7) is 6.73. The highest BCUT2D eigenvalue weighted by Crippen LogP contribution is 2.40. The number of rotatable bonds is 5. The van der Waals surface area contributed by atoms with Gasteiger partial charge in [0, 0.05) is 24.5 Å². The average Bonchev–Trinajstić information content (AvgIpc) is 2.24. The van der Waals surface area contributed by atoms with Gasteiger partial charge in [0.25, 0.3) is 0 Å². The highest BCUT2D eigenvalue weighted by molar-refractivity contribution is 5.10. The van der Waals surface area contributed by atoms with Crippen molar-refractivity contribution >= 4 is 0 Å². The number of hydrogen-bond acceptors (Lipinski definition) is 3. The molecule has 1 aliphatic rings. The van der Waals surface area contributed by atoms with Crippen LogP contribution in [0.3, 0.4) is 0 Å². The first kappa shape index (κ1) is 11.5. The van der Waals surface area contributed by atoms with Crippen LogP contribution in [-0.2, 0) is 0 Å². The van der Waals surface area contributed by atoms with Crippen molar-refractivity contribution in [1.82, 2.24) is 15.3 Å². The van der Waals surface area contributed by atoms with Crippen LogP contribution in [0, 0.1) is 11.8 Å². The number of hydrogen-bond donors (Lipinski definition) is 1. The molecule has 1 fully saturated rings. The molecule has 1 aromatic heterocycles. The average molecular weight is 219 g/mol. The molecule has 16 heavy (non-hydrogen) atoms. The second-order valence-corrected chi connectivity index (χ2v) is 5.13. The highest BCUT2D eigenvalue weighted by atomic mass is 14.9. The van der Waals surface area contributed by atoms with E-state index >= 15 is 0 Å². The molecule has 0 aliphatic heterocycles. The van der Waals surface area contributed by atoms with Gasteiger partial charge in [-0.1, -0.05) is 13.8 Å². The molecule has 2 unspecified atom stereocenters. The first-order valence-corrected chi connectivity index (χ1v) is 6.24. The maximum absolute atomic E-state index is 4.40. The zero-order chi connectivity index (χ0) is 11.4. The third-order valence-corrected chi connectivity index (χ3v) is 3.34. The van der Waals surface area contributed by atoms with Crippen LogP contribution in [0.4, 0.5) is 0 Å². The minimum Gasteiger partial charge on any atom is -0.316 e. The molecule has 0 amide bonds. The summed E-state index contributed by atoms with van der Waals surface area (Å²) in [6, 6.07) is 0. The number of aromatic nitrogens is 2. The topological polar surface area (TPSA) is 37.8 Å². The van der Waals surface area contributed by atoms with E-state index in [1.807, 2.05) is 6.20 Å². The highest BCUT2D eigenvalue weighted by Gasteiger charge is 2.32. The Balaban J connectivity index is 1.80. The maximum atomic E-state index is 4.40. The molecular weight excluding hydrogens is 198 g/mol. The lowest BCUT2D eigenvalue weighted by atomic mass is 9.72. The summed E-state index contributed by atoms with van der Waals surface area (Å²) in [4.78, 5) is 8.55. The molecule has 0 spiro atoms. The van der Waals surface area contributed by atoms with Gasteiger partial charge in [-0.2, -0.15) is 0 Å². The standard InChI is InChI=1S/C13H21N3/c1-10(2)7-15-8-11-3-4-12(11)13-9-14-5-6-16-13/h5-6,9-12,15H,3-4,7-8H2,1-2H3. The zero-order valence-electron chi connectivity index (χ0n) is 10.2. The molecule has 0 aromatic carbocycles. The van der Waals surface area contributed by atoms with E-state index in [2.05, 4.69) is 29.1 Å². The first-order chi connectivity index (χ1) is 7.77. The minimum atomic E-state index is 0.633. The molecule has 2 atom stereocenters. The number of nitrogens with one attached hydrogen (secondary N) is 1. The molecule has 1 aromatic rings. The molecule has 0 bridgehead atoms. The third-order valence-electron chi connectivity index (χ3n) is 3.34. The molecule has 0 radical (unpaired) electrons. The van der Waals surface area contributed by atoms with Crippen molar-refractivity contribution in [2.24, 2.45) is 11.8 Å². The molecule has 88 valence electrons. The van der Waals surface area contributed by atoms with Crippen molar-refractivity contribution in [2.75, 3.05) is 13.1 Å². The lowest BCUT2D eigenvalue weighted by molar-refractivity contribution is 0.238. The van der Waals surface area contributed by atoms with Crippen LogP contribution in [0.25, 0.3) is 0 Å². The molecule has 0 saturated heterocycles. The Labute approximate surface area is 97.7 Å². The Bertz CT molecular complexity index is 310. The van der Waals surface area contributed by atoms with E-state index in [1.54, 1.807) is 12.4 Å². The Morgan fingerprint density at radius 1 is 1.38 bits per heavy atom. The van der Waals surface area contributed by atoms with Crippen LogP contribution in [0.2, 0.25) is 0 Å². The second kappa shape index (κ2) is 5.39. The molecule has 3 nitrogen and oxygen atoms in total. The minimum absolute atomic E-state index is 0.633. The molecule has 1 N–H and O–H groups in total. The Kier molecular flexibility index (Phi) is 3.88. The van der Waals surface area contributed by atoms with E-state index in [-0.39, 0.29) is 0 Å². The summed E-state index contributed by atoms with van der Waals surface area (Å²) >= 11 is 0. The molecule has 1 saturated carbocycles. The van der Waals surface area contributed by atoms with Crippen molar-refractivity contribution in [1.29, 1.82) is 0 Å². The van der Waals surface area contributed by atoms with E-state index in [4.69, 9.17) is 0 Å². The lowest BCUT2D eigenvalue weighted by Crippen LogP contribution is -2.35. The fraction of sp³-hybridized carbons (Fsp3) is 0.692. The Hall–Kier alpha value is -0.960. The molecule has 1 heterocycles. The third kappa shape index (κ3) is 2.79. The summed E-state index contributed by atoms with van der Waals surface area (Å²) in [5, 5.41) is 3.54. The van der Waals surface area contributed by atoms with Gasteiger partial charge in [-0.15, -0.1) is 0 Å². The summed E-state index contributed by atoms with van der Waals surface area (Å²) in [6.07, 6.45) is 8.05. The van der Waals surface area contributed by atoms with Gasteiger partial charge in [0.1, 0.15) is 0 Å². The maximum Gasteiger partial charge on any atom is 0.0620 e. The number of nitrogens with zero attached hydrogens (tertiary/aromatic N) is 2. The van der Waals surface area contributed by atoms with Gasteiger partial charge in [0.15, 0.2) is 0 Å². The predicted octanol–water partition coefficient (Wildman–Crippen LogP) is 2.22. The summed E-state index contributed by atoms with van der Waals surface area (Å²) in [5.41, 5.74) is 1.17. The molecular formula is C13H21N3. The van der Waals surface area contributed by atoms with Crippen molar-refractivity contribution in [3.8, 4) is 0 Å². The van der Waals surface area contributed by atoms with Gasteiger partial charge in [-0.3, -0.25) is 9.97 Å². The second-order valence-electron chi connectivity index (χ2n) is 5.13. The fourth-order valence-corrected chi connectivity index (χ4v) is 2.26. The Morgan fingerprint density at radius 2 is 2.25 bits per heavy atom. The zero-order valence-corrected chi connectivity index (χ0v) is 10.2. The fourth-order valence-electron chi connectivity index (χ4n) is 2.26. The van der Waals surface area contributed by atoms with Gasteiger partial charge < -0.3 is 5.32 Å². The van der Waals surface area contributed by atoms with Crippen molar-refractivity contribution < 1.29 is 0 Å². The van der Waals surface area contributed by atoms with Gasteiger partial charge in [0.2, 0.25) is 0 Å². The van der Waals surface area contributed by atoms with E-state index in [9.17, 15) is 0 Å². The van der Waals surface area contributed by atoms with Crippen LogP contribution < -0.4 is 5.32 Å². The van der Waals surface area contributed by atoms with Crippen LogP contribution in [0.5, 0.6) is 0 Å². The van der Waals surface area contributed by atoms with E-state index in [1.165, 1.54) is 18.5 Å². The van der Waals surface area contributed by atoms with Gasteiger partial charge in [-0.25, -0.2) is 0 Å². The van der Waals surface area contributed by atoms with Gasteiger partial charge >= 0.3 is 0 Å². The van der Waals surface area contributed by atoms with Crippen LogP contribution in [0.1, 0.15) is 38.3 Å². The van der Waals surface area contributed by atoms with Crippen LogP contribution in [0.15, 0.2) is 18.6 Å². The quantitative estimate of drug-likeness (QED) is 0.825. The summed E-state index contributed by atoms with van der Waals surface area (Å²) < 4.78 is 0. The van der Waals surface area contributed by atoms with Crippen molar-refractivity contribution in [3.63, 3.8) is 0 Å². The van der Waals surface area contributed by atoms with Gasteiger partial charge in [0.05, 0.1) is 5.69 Å². The summed E-state index contributed by atoms with van der Waals surface area (Å²) in [5.74, 6) is 2.12. The smallest absolute Gasteiger partial charge is 0.0620 e. The van der Waals surface area contributed by atoms with Crippen LogP contribution in [-0.4, -0.2) is 23.1 Å². The van der Waals surface area contributed by atoms with Crippen molar-refractivity contribution in [2.45, 2.75) is 32.6 Å². The van der Waals surface area contributed by atoms with E-state index in [0.717, 1.165) is 24.9 Å². The van der Waals surface area contributed by atoms with E-state index < -0.39 is 0 Å². The predicted molar refractivity (Wildman–Crippen MR) is 65.2 cm³/mol. The summed E-state index contributed by atoms with van der Waals surface area (Å²) in [7, 11) is 0. The van der Waals surface area contributed by atoms with Crippen molar-refractivity contribution in [3.05, 3.63) is 24.3 Å². The van der Waals surface area contributed by atoms with Gasteiger partial charge in [-0.05, 0) is 37.8 Å². The molecule has 1 aliphatic carbocycles. The Morgan fingerprint density at radius 3 is 2.81 bits per heavy atom. The molecule has 2 rings (SSSR count). The largest absolute Gasteiger partial charge is 0.316 e. The normalized spacial score (nSPS) is 24.4. The lowest BCUT2D eigenvalue weighted by Gasteiger charge is -2.36. The van der Waals surface area contributed by atoms with E-state index in [0.29, 0.717) is 5.92 Å². The van der Waals surface area contributed by atoms with Crippen LogP contribution >= 0.6 is 0 Å².